The number of carbonyl (C=O) groups excluding carboxylic acids is 1. The SMILES string of the molecule is CCC(CC)Nc1ccc(N)c(C(N)=O)c1. The molecular weight excluding hydrogens is 202 g/mol. The lowest BCUT2D eigenvalue weighted by molar-refractivity contribution is 0.100. The number of primary amides is 1. The first-order valence-corrected chi connectivity index (χ1v) is 5.54. The zero-order valence-electron chi connectivity index (χ0n) is 9.79. The van der Waals surface area contributed by atoms with E-state index in [-0.39, 0.29) is 0 Å². The van der Waals surface area contributed by atoms with Crippen LogP contribution in [0.15, 0.2) is 18.2 Å². The van der Waals surface area contributed by atoms with E-state index in [1.54, 1.807) is 12.1 Å². The van der Waals surface area contributed by atoms with Crippen molar-refractivity contribution in [3.8, 4) is 0 Å². The van der Waals surface area contributed by atoms with Crippen LogP contribution in [0.2, 0.25) is 0 Å². The van der Waals surface area contributed by atoms with E-state index in [0.717, 1.165) is 18.5 Å². The minimum absolute atomic E-state index is 0.371. The van der Waals surface area contributed by atoms with Crippen LogP contribution in [0.25, 0.3) is 0 Å². The molecule has 0 atom stereocenters. The van der Waals surface area contributed by atoms with Gasteiger partial charge in [-0.05, 0) is 31.0 Å². The van der Waals surface area contributed by atoms with Gasteiger partial charge in [0, 0.05) is 17.4 Å². The summed E-state index contributed by atoms with van der Waals surface area (Å²) in [5, 5.41) is 3.34. The monoisotopic (exact) mass is 221 g/mol. The van der Waals surface area contributed by atoms with Gasteiger partial charge >= 0.3 is 0 Å². The van der Waals surface area contributed by atoms with E-state index in [4.69, 9.17) is 11.5 Å². The number of amides is 1. The molecule has 0 aliphatic heterocycles. The quantitative estimate of drug-likeness (QED) is 0.665. The molecule has 0 aromatic heterocycles. The molecular formula is C12H19N3O. The fourth-order valence-corrected chi connectivity index (χ4v) is 1.59. The first-order valence-electron chi connectivity index (χ1n) is 5.54. The normalized spacial score (nSPS) is 10.4. The smallest absolute Gasteiger partial charge is 0.250 e. The second-order valence-electron chi connectivity index (χ2n) is 3.82. The average Bonchev–Trinajstić information content (AvgIpc) is 2.27. The zero-order chi connectivity index (χ0) is 12.1. The van der Waals surface area contributed by atoms with Crippen LogP contribution in [0.5, 0.6) is 0 Å². The van der Waals surface area contributed by atoms with Crippen LogP contribution in [0.3, 0.4) is 0 Å². The van der Waals surface area contributed by atoms with Gasteiger partial charge in [-0.2, -0.15) is 0 Å². The van der Waals surface area contributed by atoms with E-state index in [1.807, 2.05) is 6.07 Å². The van der Waals surface area contributed by atoms with Gasteiger partial charge in [-0.3, -0.25) is 4.79 Å². The van der Waals surface area contributed by atoms with Gasteiger partial charge in [0.1, 0.15) is 0 Å². The Kier molecular flexibility index (Phi) is 4.17. The Hall–Kier alpha value is -1.71. The average molecular weight is 221 g/mol. The molecule has 5 N–H and O–H groups in total. The molecule has 1 aromatic carbocycles. The molecule has 0 aliphatic rings. The number of benzene rings is 1. The predicted octanol–water partition coefficient (Wildman–Crippen LogP) is 1.97. The minimum Gasteiger partial charge on any atom is -0.398 e. The van der Waals surface area contributed by atoms with Crippen LogP contribution >= 0.6 is 0 Å². The molecule has 0 saturated heterocycles. The van der Waals surface area contributed by atoms with E-state index in [2.05, 4.69) is 19.2 Å². The third-order valence-corrected chi connectivity index (χ3v) is 2.68. The van der Waals surface area contributed by atoms with E-state index in [0.29, 0.717) is 17.3 Å². The summed E-state index contributed by atoms with van der Waals surface area (Å²) in [6.07, 6.45) is 2.07. The summed E-state index contributed by atoms with van der Waals surface area (Å²) < 4.78 is 0. The van der Waals surface area contributed by atoms with E-state index in [9.17, 15) is 4.79 Å². The molecule has 4 heteroatoms. The Morgan fingerprint density at radius 3 is 2.50 bits per heavy atom. The molecule has 1 aromatic rings. The lowest BCUT2D eigenvalue weighted by Gasteiger charge is -2.17. The first kappa shape index (κ1) is 12.4. The molecule has 0 aliphatic carbocycles. The molecule has 88 valence electrons. The number of hydrogen-bond acceptors (Lipinski definition) is 3. The molecule has 0 radical (unpaired) electrons. The summed E-state index contributed by atoms with van der Waals surface area (Å²) in [4.78, 5) is 11.1. The van der Waals surface area contributed by atoms with Crippen molar-refractivity contribution in [1.29, 1.82) is 0 Å². The van der Waals surface area contributed by atoms with Crippen molar-refractivity contribution in [2.45, 2.75) is 32.7 Å². The highest BCUT2D eigenvalue weighted by Gasteiger charge is 2.08. The van der Waals surface area contributed by atoms with Crippen molar-refractivity contribution in [3.63, 3.8) is 0 Å². The molecule has 1 rings (SSSR count). The summed E-state index contributed by atoms with van der Waals surface area (Å²) in [6.45, 7) is 4.24. The molecule has 16 heavy (non-hydrogen) atoms. The fraction of sp³-hybridized carbons (Fsp3) is 0.417. The van der Waals surface area contributed by atoms with Gasteiger partial charge in [0.2, 0.25) is 0 Å². The maximum atomic E-state index is 11.1. The number of nitrogen functional groups attached to an aromatic ring is 1. The number of anilines is 2. The van der Waals surface area contributed by atoms with Gasteiger partial charge in [-0.1, -0.05) is 13.8 Å². The van der Waals surface area contributed by atoms with Crippen LogP contribution in [0.1, 0.15) is 37.0 Å². The van der Waals surface area contributed by atoms with Gasteiger partial charge in [-0.25, -0.2) is 0 Å². The number of rotatable bonds is 5. The topological polar surface area (TPSA) is 81.1 Å². The van der Waals surface area contributed by atoms with Crippen molar-refractivity contribution in [2.24, 2.45) is 5.73 Å². The highest BCUT2D eigenvalue weighted by Crippen LogP contribution is 2.19. The van der Waals surface area contributed by atoms with Crippen molar-refractivity contribution < 1.29 is 4.79 Å². The van der Waals surface area contributed by atoms with Gasteiger partial charge in [0.15, 0.2) is 0 Å². The van der Waals surface area contributed by atoms with Crippen LogP contribution in [0.4, 0.5) is 11.4 Å². The number of hydrogen-bond donors (Lipinski definition) is 3. The highest BCUT2D eigenvalue weighted by atomic mass is 16.1. The Morgan fingerprint density at radius 2 is 2.00 bits per heavy atom. The van der Waals surface area contributed by atoms with Crippen molar-refractivity contribution in [1.82, 2.24) is 0 Å². The highest BCUT2D eigenvalue weighted by molar-refractivity contribution is 5.98. The first-order chi connectivity index (χ1) is 7.58. The molecule has 1 amide bonds. The van der Waals surface area contributed by atoms with Crippen LogP contribution in [-0.2, 0) is 0 Å². The largest absolute Gasteiger partial charge is 0.398 e. The standard InChI is InChI=1S/C12H19N3O/c1-3-8(4-2)15-9-5-6-11(13)10(7-9)12(14)16/h5-8,15H,3-4,13H2,1-2H3,(H2,14,16). The second-order valence-corrected chi connectivity index (χ2v) is 3.82. The van der Waals surface area contributed by atoms with Crippen LogP contribution in [-0.4, -0.2) is 11.9 Å². The Balaban J connectivity index is 2.90. The van der Waals surface area contributed by atoms with Crippen molar-refractivity contribution >= 4 is 17.3 Å². The number of nitrogens with one attached hydrogen (secondary N) is 1. The molecule has 0 heterocycles. The van der Waals surface area contributed by atoms with E-state index < -0.39 is 5.91 Å². The zero-order valence-corrected chi connectivity index (χ0v) is 9.79. The second kappa shape index (κ2) is 5.39. The summed E-state index contributed by atoms with van der Waals surface area (Å²) >= 11 is 0. The molecule has 0 spiro atoms. The lowest BCUT2D eigenvalue weighted by atomic mass is 10.1. The van der Waals surface area contributed by atoms with E-state index in [1.165, 1.54) is 0 Å². The Bertz CT molecular complexity index is 373. The molecule has 0 bridgehead atoms. The number of nitrogens with two attached hydrogens (primary N) is 2. The molecule has 0 unspecified atom stereocenters. The van der Waals surface area contributed by atoms with E-state index >= 15 is 0 Å². The fourth-order valence-electron chi connectivity index (χ4n) is 1.59. The molecule has 0 fully saturated rings. The third kappa shape index (κ3) is 2.89. The lowest BCUT2D eigenvalue weighted by Crippen LogP contribution is -2.18. The summed E-state index contributed by atoms with van der Waals surface area (Å²) in [6, 6.07) is 5.67. The van der Waals surface area contributed by atoms with Gasteiger partial charge in [-0.15, -0.1) is 0 Å². The van der Waals surface area contributed by atoms with Crippen molar-refractivity contribution in [2.75, 3.05) is 11.1 Å². The van der Waals surface area contributed by atoms with Gasteiger partial charge in [0.25, 0.3) is 5.91 Å². The molecule has 4 nitrogen and oxygen atoms in total. The Morgan fingerprint density at radius 1 is 1.38 bits per heavy atom. The summed E-state index contributed by atoms with van der Waals surface area (Å²) in [5.74, 6) is -0.495. The van der Waals surface area contributed by atoms with Gasteiger partial charge < -0.3 is 16.8 Å². The maximum absolute atomic E-state index is 11.1. The Labute approximate surface area is 96.0 Å². The molecule has 0 saturated carbocycles. The van der Waals surface area contributed by atoms with Crippen LogP contribution in [0, 0.1) is 0 Å². The number of carbonyl (C=O) groups is 1. The van der Waals surface area contributed by atoms with Crippen molar-refractivity contribution in [3.05, 3.63) is 23.8 Å². The summed E-state index contributed by atoms with van der Waals surface area (Å²) in [5.41, 5.74) is 12.6. The minimum atomic E-state index is -0.495. The third-order valence-electron chi connectivity index (χ3n) is 2.68. The van der Waals surface area contributed by atoms with Crippen LogP contribution < -0.4 is 16.8 Å². The van der Waals surface area contributed by atoms with Gasteiger partial charge in [0.05, 0.1) is 5.56 Å². The maximum Gasteiger partial charge on any atom is 0.250 e. The predicted molar refractivity (Wildman–Crippen MR) is 67.4 cm³/mol. The summed E-state index contributed by atoms with van der Waals surface area (Å²) in [7, 11) is 0.